The van der Waals surface area contributed by atoms with Gasteiger partial charge in [0.15, 0.2) is 5.41 Å². The van der Waals surface area contributed by atoms with Gasteiger partial charge in [-0.25, -0.2) is 12.7 Å². The minimum Gasteiger partial charge on any atom is -0.481 e. The molecule has 104 valence electrons. The fraction of sp³-hybridized carbons (Fsp3) is 0.667. The van der Waals surface area contributed by atoms with Crippen LogP contribution in [0.25, 0.3) is 0 Å². The van der Waals surface area contributed by atoms with Gasteiger partial charge in [-0.05, 0) is 6.42 Å². The third-order valence-electron chi connectivity index (χ3n) is 2.91. The van der Waals surface area contributed by atoms with Crippen molar-refractivity contribution in [1.82, 2.24) is 4.31 Å². The lowest BCUT2D eigenvalue weighted by Gasteiger charge is -2.27. The average Bonchev–Trinajstić information content (AvgIpc) is 2.62. The molecule has 0 radical (unpaired) electrons. The van der Waals surface area contributed by atoms with Crippen molar-refractivity contribution in [2.75, 3.05) is 18.8 Å². The monoisotopic (exact) mass is 287 g/mol. The van der Waals surface area contributed by atoms with Crippen LogP contribution in [0.2, 0.25) is 0 Å². The maximum absolute atomic E-state index is 12.8. The molecule has 0 saturated carbocycles. The zero-order chi connectivity index (χ0) is 14.2. The van der Waals surface area contributed by atoms with Gasteiger partial charge in [-0.3, -0.25) is 4.79 Å². The highest BCUT2D eigenvalue weighted by molar-refractivity contribution is 7.89. The zero-order valence-corrected chi connectivity index (χ0v) is 10.1. The van der Waals surface area contributed by atoms with Crippen LogP contribution < -0.4 is 0 Å². The van der Waals surface area contributed by atoms with Crippen LogP contribution >= 0.6 is 0 Å². The summed E-state index contributed by atoms with van der Waals surface area (Å²) in [6.07, 6.45) is -4.72. The third-order valence-corrected chi connectivity index (χ3v) is 4.66. The van der Waals surface area contributed by atoms with E-state index >= 15 is 0 Å². The van der Waals surface area contributed by atoms with Crippen LogP contribution in [-0.2, 0) is 14.8 Å². The fourth-order valence-electron chi connectivity index (χ4n) is 1.79. The van der Waals surface area contributed by atoms with E-state index in [0.29, 0.717) is 4.31 Å². The standard InChI is InChI=1S/C9H12F3NO4S/c1-2-5-18(16,17)13-4-3-8(6-13,7(14)15)9(10,11)12/h2H,1,3-6H2,(H,14,15). The van der Waals surface area contributed by atoms with Crippen LogP contribution in [0.1, 0.15) is 6.42 Å². The molecule has 0 amide bonds. The van der Waals surface area contributed by atoms with E-state index in [2.05, 4.69) is 6.58 Å². The lowest BCUT2D eigenvalue weighted by molar-refractivity contribution is -0.226. The van der Waals surface area contributed by atoms with E-state index in [0.717, 1.165) is 6.08 Å². The van der Waals surface area contributed by atoms with Gasteiger partial charge >= 0.3 is 12.1 Å². The van der Waals surface area contributed by atoms with Crippen molar-refractivity contribution in [3.05, 3.63) is 12.7 Å². The fourth-order valence-corrected chi connectivity index (χ4v) is 3.09. The van der Waals surface area contributed by atoms with Gasteiger partial charge in [0.2, 0.25) is 10.0 Å². The number of sulfonamides is 1. The Morgan fingerprint density at radius 1 is 1.50 bits per heavy atom. The topological polar surface area (TPSA) is 74.7 Å². The van der Waals surface area contributed by atoms with E-state index in [1.165, 1.54) is 0 Å². The number of nitrogens with zero attached hydrogens (tertiary/aromatic N) is 1. The summed E-state index contributed by atoms with van der Waals surface area (Å²) in [6.45, 7) is 1.66. The summed E-state index contributed by atoms with van der Waals surface area (Å²) in [5.74, 6) is -2.56. The SMILES string of the molecule is C=CCS(=O)(=O)N1CCC(C(=O)O)(C(F)(F)F)C1. The quantitative estimate of drug-likeness (QED) is 0.778. The number of hydrogen-bond acceptors (Lipinski definition) is 3. The summed E-state index contributed by atoms with van der Waals surface area (Å²) in [5, 5.41) is 8.75. The summed E-state index contributed by atoms with van der Waals surface area (Å²) >= 11 is 0. The Hall–Kier alpha value is -1.09. The molecule has 0 aliphatic carbocycles. The lowest BCUT2D eigenvalue weighted by Crippen LogP contribution is -2.47. The van der Waals surface area contributed by atoms with Crippen molar-refractivity contribution in [3.8, 4) is 0 Å². The zero-order valence-electron chi connectivity index (χ0n) is 9.27. The van der Waals surface area contributed by atoms with Crippen LogP contribution in [0.5, 0.6) is 0 Å². The minimum absolute atomic E-state index is 0.456. The van der Waals surface area contributed by atoms with Gasteiger partial charge in [-0.2, -0.15) is 13.2 Å². The Balaban J connectivity index is 3.06. The predicted octanol–water partition coefficient (Wildman–Crippen LogP) is 0.841. The minimum atomic E-state index is -4.99. The maximum Gasteiger partial charge on any atom is 0.406 e. The van der Waals surface area contributed by atoms with Crippen molar-refractivity contribution in [3.63, 3.8) is 0 Å². The molecule has 0 aromatic rings. The second-order valence-corrected chi connectivity index (χ2v) is 6.05. The van der Waals surface area contributed by atoms with Crippen molar-refractivity contribution in [2.45, 2.75) is 12.6 Å². The molecular formula is C9H12F3NO4S. The molecule has 1 aliphatic rings. The van der Waals surface area contributed by atoms with Gasteiger partial charge in [-0.15, -0.1) is 6.58 Å². The van der Waals surface area contributed by atoms with Crippen LogP contribution in [0.3, 0.4) is 0 Å². The van der Waals surface area contributed by atoms with Crippen LogP contribution in [-0.4, -0.2) is 48.8 Å². The first-order valence-electron chi connectivity index (χ1n) is 4.96. The second kappa shape index (κ2) is 4.54. The highest BCUT2D eigenvalue weighted by Gasteiger charge is 2.64. The summed E-state index contributed by atoms with van der Waals surface area (Å²) in [6, 6.07) is 0. The maximum atomic E-state index is 12.8. The summed E-state index contributed by atoms with van der Waals surface area (Å²) < 4.78 is 62.1. The van der Waals surface area contributed by atoms with E-state index in [9.17, 15) is 26.4 Å². The largest absolute Gasteiger partial charge is 0.481 e. The van der Waals surface area contributed by atoms with Gasteiger partial charge in [0, 0.05) is 13.1 Å². The Kier molecular flexibility index (Phi) is 3.78. The van der Waals surface area contributed by atoms with E-state index in [1.54, 1.807) is 0 Å². The molecule has 1 atom stereocenters. The molecule has 1 fully saturated rings. The Bertz CT molecular complexity index is 459. The van der Waals surface area contributed by atoms with Crippen LogP contribution in [0.4, 0.5) is 13.2 Å². The molecule has 1 heterocycles. The van der Waals surface area contributed by atoms with Crippen molar-refractivity contribution >= 4 is 16.0 Å². The number of rotatable bonds is 4. The number of alkyl halides is 3. The average molecular weight is 287 g/mol. The first-order valence-corrected chi connectivity index (χ1v) is 6.56. The molecule has 1 rings (SSSR count). The summed E-state index contributed by atoms with van der Waals surface area (Å²) in [4.78, 5) is 10.8. The van der Waals surface area contributed by atoms with E-state index in [-0.39, 0.29) is 0 Å². The lowest BCUT2D eigenvalue weighted by atomic mass is 9.86. The Labute approximate surface area is 102 Å². The van der Waals surface area contributed by atoms with Gasteiger partial charge in [0.05, 0.1) is 5.75 Å². The highest BCUT2D eigenvalue weighted by Crippen LogP contribution is 2.46. The number of halogens is 3. The molecule has 0 bridgehead atoms. The molecular weight excluding hydrogens is 275 g/mol. The first kappa shape index (κ1) is 15.0. The molecule has 0 aromatic heterocycles. The number of carboxylic acid groups (broad SMARTS) is 1. The first-order chi connectivity index (χ1) is 8.07. The predicted molar refractivity (Wildman–Crippen MR) is 56.3 cm³/mol. The molecule has 5 nitrogen and oxygen atoms in total. The smallest absolute Gasteiger partial charge is 0.406 e. The molecule has 1 N–H and O–H groups in total. The molecule has 1 unspecified atom stereocenters. The Morgan fingerprint density at radius 2 is 2.06 bits per heavy atom. The van der Waals surface area contributed by atoms with Crippen LogP contribution in [0.15, 0.2) is 12.7 Å². The van der Waals surface area contributed by atoms with E-state index in [4.69, 9.17) is 5.11 Å². The second-order valence-electron chi connectivity index (χ2n) is 4.04. The number of carboxylic acids is 1. The highest BCUT2D eigenvalue weighted by atomic mass is 32.2. The molecule has 1 aliphatic heterocycles. The van der Waals surface area contributed by atoms with Gasteiger partial charge in [0.25, 0.3) is 0 Å². The summed E-state index contributed by atoms with van der Waals surface area (Å²) in [5.41, 5.74) is -3.01. The van der Waals surface area contributed by atoms with Crippen molar-refractivity contribution < 1.29 is 31.5 Å². The van der Waals surface area contributed by atoms with Gasteiger partial charge < -0.3 is 5.11 Å². The van der Waals surface area contributed by atoms with E-state index < -0.39 is 52.8 Å². The van der Waals surface area contributed by atoms with Crippen molar-refractivity contribution in [1.29, 1.82) is 0 Å². The molecule has 1 saturated heterocycles. The number of aliphatic carboxylic acids is 1. The van der Waals surface area contributed by atoms with Gasteiger partial charge in [0.1, 0.15) is 0 Å². The molecule has 9 heteroatoms. The van der Waals surface area contributed by atoms with Crippen LogP contribution in [0, 0.1) is 5.41 Å². The number of hydrogen-bond donors (Lipinski definition) is 1. The molecule has 18 heavy (non-hydrogen) atoms. The van der Waals surface area contributed by atoms with Gasteiger partial charge in [-0.1, -0.05) is 6.08 Å². The molecule has 0 aromatic carbocycles. The summed E-state index contributed by atoms with van der Waals surface area (Å²) in [7, 11) is -3.92. The van der Waals surface area contributed by atoms with E-state index in [1.807, 2.05) is 0 Å². The third kappa shape index (κ3) is 2.37. The molecule has 0 spiro atoms. The normalized spacial score (nSPS) is 26.2. The Morgan fingerprint density at radius 3 is 2.39 bits per heavy atom. The van der Waals surface area contributed by atoms with Crippen molar-refractivity contribution in [2.24, 2.45) is 5.41 Å². The number of carbonyl (C=O) groups is 1.